The molecule has 1 unspecified atom stereocenters. The topological polar surface area (TPSA) is 20.3 Å². The minimum absolute atomic E-state index is 0.136. The summed E-state index contributed by atoms with van der Waals surface area (Å²) in [6, 6.07) is 6.05. The molecule has 1 atom stereocenters. The van der Waals surface area contributed by atoms with Crippen LogP contribution in [0.5, 0.6) is 0 Å². The van der Waals surface area contributed by atoms with E-state index < -0.39 is 0 Å². The third-order valence-electron chi connectivity index (χ3n) is 3.23. The number of benzene rings is 1. The predicted octanol–water partition coefficient (Wildman–Crippen LogP) is 4.23. The molecule has 0 saturated carbocycles. The van der Waals surface area contributed by atoms with Crippen molar-refractivity contribution in [3.05, 3.63) is 32.7 Å². The van der Waals surface area contributed by atoms with Crippen LogP contribution in [-0.2, 0) is 0 Å². The normalized spacial score (nSPS) is 20.4. The fraction of sp³-hybridized carbons (Fsp3) is 0.462. The maximum atomic E-state index is 12.4. The summed E-state index contributed by atoms with van der Waals surface area (Å²) in [6.45, 7) is 3.01. The molecule has 92 valence electrons. The lowest BCUT2D eigenvalue weighted by Crippen LogP contribution is -2.42. The maximum absolute atomic E-state index is 12.4. The van der Waals surface area contributed by atoms with Gasteiger partial charge in [-0.1, -0.05) is 15.9 Å². The van der Waals surface area contributed by atoms with Crippen molar-refractivity contribution in [2.75, 3.05) is 6.54 Å². The quantitative estimate of drug-likeness (QED) is 0.733. The van der Waals surface area contributed by atoms with E-state index in [0.29, 0.717) is 6.04 Å². The fourth-order valence-corrected chi connectivity index (χ4v) is 3.43. The van der Waals surface area contributed by atoms with Crippen LogP contribution in [0.15, 0.2) is 27.1 Å². The Labute approximate surface area is 119 Å². The monoisotopic (exact) mass is 359 g/mol. The lowest BCUT2D eigenvalue weighted by atomic mass is 10.0. The first-order valence-corrected chi connectivity index (χ1v) is 7.44. The van der Waals surface area contributed by atoms with Crippen molar-refractivity contribution in [3.8, 4) is 0 Å². The van der Waals surface area contributed by atoms with Crippen LogP contribution >= 0.6 is 31.9 Å². The highest BCUT2D eigenvalue weighted by atomic mass is 79.9. The number of likely N-dealkylation sites (tertiary alicyclic amines) is 1. The minimum Gasteiger partial charge on any atom is -0.336 e. The smallest absolute Gasteiger partial charge is 0.255 e. The highest BCUT2D eigenvalue weighted by molar-refractivity contribution is 9.11. The van der Waals surface area contributed by atoms with Crippen molar-refractivity contribution >= 4 is 37.8 Å². The molecule has 0 spiro atoms. The van der Waals surface area contributed by atoms with Gasteiger partial charge < -0.3 is 4.90 Å². The van der Waals surface area contributed by atoms with Crippen LogP contribution in [0.2, 0.25) is 0 Å². The fourth-order valence-electron chi connectivity index (χ4n) is 2.22. The highest BCUT2D eigenvalue weighted by Crippen LogP contribution is 2.26. The van der Waals surface area contributed by atoms with E-state index in [0.717, 1.165) is 33.9 Å². The SMILES string of the molecule is CC1CCCCN1C(=O)c1ccc(Br)cc1Br. The van der Waals surface area contributed by atoms with Crippen molar-refractivity contribution in [2.24, 2.45) is 0 Å². The van der Waals surface area contributed by atoms with Gasteiger partial charge in [-0.05, 0) is 60.3 Å². The van der Waals surface area contributed by atoms with Gasteiger partial charge in [0.05, 0.1) is 5.56 Å². The molecule has 2 rings (SSSR count). The van der Waals surface area contributed by atoms with Crippen LogP contribution in [0.25, 0.3) is 0 Å². The van der Waals surface area contributed by atoms with Crippen LogP contribution in [0.4, 0.5) is 0 Å². The molecule has 0 aliphatic carbocycles. The predicted molar refractivity (Wildman–Crippen MR) is 76.2 cm³/mol. The van der Waals surface area contributed by atoms with E-state index in [1.807, 2.05) is 23.1 Å². The molecular formula is C13H15Br2NO. The number of carbonyl (C=O) groups excluding carboxylic acids is 1. The van der Waals surface area contributed by atoms with E-state index >= 15 is 0 Å². The molecule has 17 heavy (non-hydrogen) atoms. The average molecular weight is 361 g/mol. The highest BCUT2D eigenvalue weighted by Gasteiger charge is 2.25. The molecule has 1 fully saturated rings. The summed E-state index contributed by atoms with van der Waals surface area (Å²) in [5, 5.41) is 0. The molecule has 1 aromatic carbocycles. The first-order valence-electron chi connectivity index (χ1n) is 5.85. The largest absolute Gasteiger partial charge is 0.336 e. The van der Waals surface area contributed by atoms with Gasteiger partial charge in [-0.15, -0.1) is 0 Å². The molecule has 0 N–H and O–H groups in total. The second-order valence-electron chi connectivity index (χ2n) is 4.47. The molecule has 2 nitrogen and oxygen atoms in total. The average Bonchev–Trinajstić information content (AvgIpc) is 2.29. The number of nitrogens with zero attached hydrogens (tertiary/aromatic N) is 1. The summed E-state index contributed by atoms with van der Waals surface area (Å²) in [5.41, 5.74) is 0.752. The van der Waals surface area contributed by atoms with E-state index in [-0.39, 0.29) is 5.91 Å². The third-order valence-corrected chi connectivity index (χ3v) is 4.37. The molecule has 0 radical (unpaired) electrons. The van der Waals surface area contributed by atoms with Crippen LogP contribution in [0.1, 0.15) is 36.5 Å². The molecule has 4 heteroatoms. The van der Waals surface area contributed by atoms with E-state index in [9.17, 15) is 4.79 Å². The first kappa shape index (κ1) is 13.1. The van der Waals surface area contributed by atoms with Crippen LogP contribution < -0.4 is 0 Å². The van der Waals surface area contributed by atoms with Crippen molar-refractivity contribution in [1.29, 1.82) is 0 Å². The molecule has 0 aromatic heterocycles. The molecule has 0 bridgehead atoms. The van der Waals surface area contributed by atoms with Gasteiger partial charge in [0.1, 0.15) is 0 Å². The van der Waals surface area contributed by atoms with E-state index in [1.54, 1.807) is 0 Å². The summed E-state index contributed by atoms with van der Waals surface area (Å²) in [4.78, 5) is 14.4. The Morgan fingerprint density at radius 3 is 2.76 bits per heavy atom. The number of piperidine rings is 1. The lowest BCUT2D eigenvalue weighted by Gasteiger charge is -2.33. The Hall–Kier alpha value is -0.350. The zero-order valence-corrected chi connectivity index (χ0v) is 12.9. The Kier molecular flexibility index (Phi) is 4.26. The molecule has 1 aliphatic heterocycles. The third kappa shape index (κ3) is 2.91. The maximum Gasteiger partial charge on any atom is 0.255 e. The van der Waals surface area contributed by atoms with Gasteiger partial charge in [-0.25, -0.2) is 0 Å². The molecule has 1 amide bonds. The second-order valence-corrected chi connectivity index (χ2v) is 6.24. The van der Waals surface area contributed by atoms with Gasteiger partial charge in [0.2, 0.25) is 0 Å². The number of hydrogen-bond acceptors (Lipinski definition) is 1. The Morgan fingerprint density at radius 1 is 1.35 bits per heavy atom. The van der Waals surface area contributed by atoms with Crippen molar-refractivity contribution in [3.63, 3.8) is 0 Å². The zero-order valence-electron chi connectivity index (χ0n) is 9.75. The number of amides is 1. The summed E-state index contributed by atoms with van der Waals surface area (Å²) < 4.78 is 1.84. The van der Waals surface area contributed by atoms with Crippen LogP contribution in [0.3, 0.4) is 0 Å². The van der Waals surface area contributed by atoms with Crippen LogP contribution in [-0.4, -0.2) is 23.4 Å². The molecule has 1 heterocycles. The van der Waals surface area contributed by atoms with Gasteiger partial charge in [0.25, 0.3) is 5.91 Å². The Balaban J connectivity index is 2.24. The zero-order chi connectivity index (χ0) is 12.4. The van der Waals surface area contributed by atoms with E-state index in [2.05, 4.69) is 38.8 Å². The summed E-state index contributed by atoms with van der Waals surface area (Å²) in [5.74, 6) is 0.136. The minimum atomic E-state index is 0.136. The Morgan fingerprint density at radius 2 is 2.12 bits per heavy atom. The summed E-state index contributed by atoms with van der Waals surface area (Å²) >= 11 is 6.86. The molecule has 1 aliphatic rings. The van der Waals surface area contributed by atoms with Gasteiger partial charge >= 0.3 is 0 Å². The summed E-state index contributed by atoms with van der Waals surface area (Å²) in [7, 11) is 0. The van der Waals surface area contributed by atoms with Crippen molar-refractivity contribution < 1.29 is 4.79 Å². The van der Waals surface area contributed by atoms with Gasteiger partial charge in [-0.3, -0.25) is 4.79 Å². The van der Waals surface area contributed by atoms with Gasteiger partial charge in [0, 0.05) is 21.5 Å². The summed E-state index contributed by atoms with van der Waals surface area (Å²) in [6.07, 6.45) is 3.45. The van der Waals surface area contributed by atoms with Crippen molar-refractivity contribution in [1.82, 2.24) is 4.90 Å². The number of rotatable bonds is 1. The van der Waals surface area contributed by atoms with Crippen molar-refractivity contribution in [2.45, 2.75) is 32.2 Å². The molecule has 1 saturated heterocycles. The number of hydrogen-bond donors (Lipinski definition) is 0. The van der Waals surface area contributed by atoms with E-state index in [1.165, 1.54) is 6.42 Å². The second kappa shape index (κ2) is 5.53. The molecule has 1 aromatic rings. The standard InChI is InChI=1S/C13H15Br2NO/c1-9-4-2-3-7-16(9)13(17)11-6-5-10(14)8-12(11)15/h5-6,8-9H,2-4,7H2,1H3. The van der Waals surface area contributed by atoms with Gasteiger partial charge in [-0.2, -0.15) is 0 Å². The number of carbonyl (C=O) groups is 1. The van der Waals surface area contributed by atoms with E-state index in [4.69, 9.17) is 0 Å². The van der Waals surface area contributed by atoms with Crippen LogP contribution in [0, 0.1) is 0 Å². The Bertz CT molecular complexity index is 433. The van der Waals surface area contributed by atoms with Gasteiger partial charge in [0.15, 0.2) is 0 Å². The lowest BCUT2D eigenvalue weighted by molar-refractivity contribution is 0.0634. The molecular weight excluding hydrogens is 346 g/mol. The number of halogens is 2. The first-order chi connectivity index (χ1) is 8.09.